The van der Waals surface area contributed by atoms with E-state index in [2.05, 4.69) is 9.68 Å². The zero-order valence-corrected chi connectivity index (χ0v) is 7.10. The lowest BCUT2D eigenvalue weighted by molar-refractivity contribution is 0.379. The van der Waals surface area contributed by atoms with E-state index in [0.717, 1.165) is 0 Å². The third kappa shape index (κ3) is 2.23. The number of rotatable bonds is 1. The molecular formula is C7H14N2O2. The second-order valence-corrected chi connectivity index (χ2v) is 1.79. The zero-order valence-electron chi connectivity index (χ0n) is 7.10. The molecule has 1 rings (SSSR count). The van der Waals surface area contributed by atoms with Crippen LogP contribution < -0.4 is 11.3 Å². The molecule has 0 aliphatic rings. The zero-order chi connectivity index (χ0) is 8.85. The Bertz CT molecular complexity index is 249. The molecule has 64 valence electrons. The van der Waals surface area contributed by atoms with Crippen LogP contribution in [0.3, 0.4) is 0 Å². The molecule has 4 heteroatoms. The van der Waals surface area contributed by atoms with E-state index in [-0.39, 0.29) is 12.1 Å². The van der Waals surface area contributed by atoms with Gasteiger partial charge in [-0.25, -0.2) is 0 Å². The highest BCUT2D eigenvalue weighted by molar-refractivity contribution is 5.09. The standard InChI is InChI=1S/C5H8N2O2.C2H6/c1-3-4(2-6)9-7-5(3)8;1-2/h2,6H2,1H3,(H,7,8);1-2H3. The molecule has 1 aromatic heterocycles. The van der Waals surface area contributed by atoms with Crippen LogP contribution in [0.4, 0.5) is 0 Å². The van der Waals surface area contributed by atoms with Crippen molar-refractivity contribution in [3.05, 3.63) is 21.7 Å². The highest BCUT2D eigenvalue weighted by atomic mass is 16.5. The first-order valence-corrected chi connectivity index (χ1v) is 3.62. The van der Waals surface area contributed by atoms with Gasteiger partial charge in [0, 0.05) is 0 Å². The van der Waals surface area contributed by atoms with Crippen LogP contribution in [0, 0.1) is 6.92 Å². The van der Waals surface area contributed by atoms with Gasteiger partial charge in [-0.3, -0.25) is 4.79 Å². The van der Waals surface area contributed by atoms with Crippen LogP contribution in [0.2, 0.25) is 0 Å². The molecule has 1 aromatic rings. The Hall–Kier alpha value is -1.03. The number of aromatic amines is 1. The summed E-state index contributed by atoms with van der Waals surface area (Å²) in [4.78, 5) is 10.6. The summed E-state index contributed by atoms with van der Waals surface area (Å²) in [5.41, 5.74) is 5.58. The van der Waals surface area contributed by atoms with Crippen molar-refractivity contribution in [1.82, 2.24) is 5.16 Å². The first kappa shape index (κ1) is 9.97. The minimum Gasteiger partial charge on any atom is -0.382 e. The second kappa shape index (κ2) is 4.73. The Morgan fingerprint density at radius 2 is 2.09 bits per heavy atom. The van der Waals surface area contributed by atoms with Crippen LogP contribution in [0.15, 0.2) is 9.32 Å². The highest BCUT2D eigenvalue weighted by Crippen LogP contribution is 1.97. The Morgan fingerprint density at radius 1 is 1.55 bits per heavy atom. The van der Waals surface area contributed by atoms with Crippen molar-refractivity contribution in [2.45, 2.75) is 27.3 Å². The largest absolute Gasteiger partial charge is 0.382 e. The van der Waals surface area contributed by atoms with Crippen LogP contribution in [-0.4, -0.2) is 5.16 Å². The molecule has 0 fully saturated rings. The number of hydrogen-bond acceptors (Lipinski definition) is 3. The minimum absolute atomic E-state index is 0.199. The molecule has 1 heterocycles. The fraction of sp³-hybridized carbons (Fsp3) is 0.571. The lowest BCUT2D eigenvalue weighted by Crippen LogP contribution is -2.03. The van der Waals surface area contributed by atoms with E-state index < -0.39 is 0 Å². The average Bonchev–Trinajstić information content (AvgIpc) is 2.37. The summed E-state index contributed by atoms with van der Waals surface area (Å²) in [6.45, 7) is 5.94. The molecule has 0 saturated heterocycles. The first-order chi connectivity index (χ1) is 5.25. The molecule has 0 radical (unpaired) electrons. The van der Waals surface area contributed by atoms with Gasteiger partial charge in [0.05, 0.1) is 12.1 Å². The van der Waals surface area contributed by atoms with Crippen molar-refractivity contribution in [2.24, 2.45) is 5.73 Å². The van der Waals surface area contributed by atoms with Crippen molar-refractivity contribution < 1.29 is 4.52 Å². The van der Waals surface area contributed by atoms with Gasteiger partial charge < -0.3 is 10.3 Å². The Balaban J connectivity index is 0.000000461. The molecule has 4 nitrogen and oxygen atoms in total. The maximum Gasteiger partial charge on any atom is 0.283 e. The molecule has 3 N–H and O–H groups in total. The second-order valence-electron chi connectivity index (χ2n) is 1.79. The fourth-order valence-corrected chi connectivity index (χ4v) is 0.582. The molecule has 0 aliphatic carbocycles. The Labute approximate surface area is 65.4 Å². The summed E-state index contributed by atoms with van der Waals surface area (Å²) >= 11 is 0. The third-order valence-electron chi connectivity index (χ3n) is 1.21. The van der Waals surface area contributed by atoms with Gasteiger partial charge in [-0.1, -0.05) is 13.8 Å². The van der Waals surface area contributed by atoms with Crippen LogP contribution in [0.25, 0.3) is 0 Å². The van der Waals surface area contributed by atoms with Crippen LogP contribution in [0.5, 0.6) is 0 Å². The molecule has 0 aromatic carbocycles. The van der Waals surface area contributed by atoms with Gasteiger partial charge in [0.25, 0.3) is 5.56 Å². The molecule has 0 bridgehead atoms. The molecule has 0 saturated carbocycles. The molecule has 0 unspecified atom stereocenters. The van der Waals surface area contributed by atoms with Gasteiger partial charge in [0.15, 0.2) is 5.76 Å². The van der Waals surface area contributed by atoms with E-state index in [1.54, 1.807) is 6.92 Å². The molecule has 0 amide bonds. The van der Waals surface area contributed by atoms with E-state index >= 15 is 0 Å². The van der Waals surface area contributed by atoms with E-state index in [0.29, 0.717) is 11.3 Å². The van der Waals surface area contributed by atoms with E-state index in [4.69, 9.17) is 5.73 Å². The molecular weight excluding hydrogens is 144 g/mol. The van der Waals surface area contributed by atoms with Crippen molar-refractivity contribution >= 4 is 0 Å². The van der Waals surface area contributed by atoms with E-state index in [9.17, 15) is 4.79 Å². The van der Waals surface area contributed by atoms with E-state index in [1.807, 2.05) is 13.8 Å². The predicted molar refractivity (Wildman–Crippen MR) is 43.3 cm³/mol. The summed E-state index contributed by atoms with van der Waals surface area (Å²) in [7, 11) is 0. The summed E-state index contributed by atoms with van der Waals surface area (Å²) < 4.78 is 4.68. The molecule has 0 spiro atoms. The Kier molecular flexibility index (Phi) is 4.29. The summed E-state index contributed by atoms with van der Waals surface area (Å²) in [6, 6.07) is 0. The number of H-pyrrole nitrogens is 1. The van der Waals surface area contributed by atoms with Crippen molar-refractivity contribution in [3.8, 4) is 0 Å². The van der Waals surface area contributed by atoms with Gasteiger partial charge >= 0.3 is 0 Å². The summed E-state index contributed by atoms with van der Waals surface area (Å²) in [5.74, 6) is 0.528. The van der Waals surface area contributed by atoms with Gasteiger partial charge in [-0.2, -0.15) is 5.16 Å². The molecule has 11 heavy (non-hydrogen) atoms. The highest BCUT2D eigenvalue weighted by Gasteiger charge is 2.03. The lowest BCUT2D eigenvalue weighted by atomic mass is 10.3. The van der Waals surface area contributed by atoms with Crippen molar-refractivity contribution in [3.63, 3.8) is 0 Å². The maximum absolute atomic E-state index is 10.6. The van der Waals surface area contributed by atoms with Crippen LogP contribution >= 0.6 is 0 Å². The average molecular weight is 158 g/mol. The van der Waals surface area contributed by atoms with Crippen molar-refractivity contribution in [1.29, 1.82) is 0 Å². The quantitative estimate of drug-likeness (QED) is 0.633. The monoisotopic (exact) mass is 158 g/mol. The number of nitrogens with two attached hydrogens (primary N) is 1. The van der Waals surface area contributed by atoms with Gasteiger partial charge in [-0.15, -0.1) is 0 Å². The normalized spacial score (nSPS) is 8.73. The van der Waals surface area contributed by atoms with Gasteiger partial charge in [0.2, 0.25) is 0 Å². The predicted octanol–water partition coefficient (Wildman–Crippen LogP) is 0.761. The molecule has 0 aliphatic heterocycles. The van der Waals surface area contributed by atoms with Gasteiger partial charge in [-0.05, 0) is 6.92 Å². The summed E-state index contributed by atoms with van der Waals surface area (Å²) in [6.07, 6.45) is 0. The number of hydrogen-bond donors (Lipinski definition) is 2. The molecule has 0 atom stereocenters. The smallest absolute Gasteiger partial charge is 0.283 e. The maximum atomic E-state index is 10.6. The lowest BCUT2D eigenvalue weighted by Gasteiger charge is -1.84. The third-order valence-corrected chi connectivity index (χ3v) is 1.21. The van der Waals surface area contributed by atoms with E-state index in [1.165, 1.54) is 0 Å². The van der Waals surface area contributed by atoms with Crippen molar-refractivity contribution in [2.75, 3.05) is 0 Å². The topological polar surface area (TPSA) is 72.0 Å². The Morgan fingerprint density at radius 3 is 2.27 bits per heavy atom. The SMILES string of the molecule is CC.Cc1c(CN)o[nH]c1=O. The van der Waals surface area contributed by atoms with Gasteiger partial charge in [0.1, 0.15) is 0 Å². The van der Waals surface area contributed by atoms with Crippen LogP contribution in [-0.2, 0) is 6.54 Å². The number of nitrogens with one attached hydrogen (secondary N) is 1. The first-order valence-electron chi connectivity index (χ1n) is 3.62. The minimum atomic E-state index is -0.199. The van der Waals surface area contributed by atoms with Crippen LogP contribution in [0.1, 0.15) is 25.2 Å². The summed E-state index contributed by atoms with van der Waals surface area (Å²) in [5, 5.41) is 2.18. The number of aromatic nitrogens is 1. The fourth-order valence-electron chi connectivity index (χ4n) is 0.582.